The molecule has 4 nitrogen and oxygen atoms in total. The molecule has 2 rings (SSSR count). The zero-order valence-electron chi connectivity index (χ0n) is 10.5. The van der Waals surface area contributed by atoms with Gasteiger partial charge in [0.05, 0.1) is 6.61 Å². The summed E-state index contributed by atoms with van der Waals surface area (Å²) >= 11 is 0. The minimum atomic E-state index is -0.419. The molecule has 18 heavy (non-hydrogen) atoms. The third-order valence-corrected chi connectivity index (χ3v) is 3.25. The highest BCUT2D eigenvalue weighted by molar-refractivity contribution is 5.74. The lowest BCUT2D eigenvalue weighted by Crippen LogP contribution is -2.29. The first-order chi connectivity index (χ1) is 8.77. The summed E-state index contributed by atoms with van der Waals surface area (Å²) in [5.74, 6) is -0.419. The average molecular weight is 248 g/mol. The summed E-state index contributed by atoms with van der Waals surface area (Å²) < 4.78 is 5.14. The normalized spacial score (nSPS) is 18.3. The van der Waals surface area contributed by atoms with Crippen LogP contribution in [0.2, 0.25) is 0 Å². The van der Waals surface area contributed by atoms with Crippen molar-refractivity contribution in [3.63, 3.8) is 0 Å². The Morgan fingerprint density at radius 1 is 1.44 bits per heavy atom. The molecule has 0 saturated carbocycles. The number of rotatable bonds is 6. The van der Waals surface area contributed by atoms with Crippen molar-refractivity contribution in [2.45, 2.75) is 25.3 Å². The molecular formula is C14H20N2O2. The van der Waals surface area contributed by atoms with Gasteiger partial charge in [-0.3, -0.25) is 4.79 Å². The molecule has 3 N–H and O–H groups in total. The van der Waals surface area contributed by atoms with Gasteiger partial charge in [0.1, 0.15) is 6.61 Å². The maximum atomic E-state index is 10.5. The Hall–Kier alpha value is -1.39. The second-order valence-corrected chi connectivity index (χ2v) is 4.62. The van der Waals surface area contributed by atoms with Gasteiger partial charge in [0.25, 0.3) is 0 Å². The zero-order valence-corrected chi connectivity index (χ0v) is 10.5. The van der Waals surface area contributed by atoms with Crippen molar-refractivity contribution in [2.75, 3.05) is 19.8 Å². The van der Waals surface area contributed by atoms with Crippen LogP contribution in [-0.2, 0) is 16.0 Å². The summed E-state index contributed by atoms with van der Waals surface area (Å²) in [6.45, 7) is 1.26. The molecule has 0 aromatic heterocycles. The lowest BCUT2D eigenvalue weighted by atomic mass is 9.88. The number of primary amides is 1. The second-order valence-electron chi connectivity index (χ2n) is 4.62. The first-order valence-electron chi connectivity index (χ1n) is 6.44. The number of nitrogens with two attached hydrogens (primary N) is 1. The lowest BCUT2D eigenvalue weighted by Gasteiger charge is -2.26. The van der Waals surface area contributed by atoms with Gasteiger partial charge in [-0.1, -0.05) is 24.3 Å². The highest BCUT2D eigenvalue weighted by atomic mass is 16.5. The van der Waals surface area contributed by atoms with Gasteiger partial charge in [0.2, 0.25) is 5.91 Å². The van der Waals surface area contributed by atoms with Crippen LogP contribution in [0.5, 0.6) is 0 Å². The molecule has 1 aliphatic carbocycles. The molecule has 0 bridgehead atoms. The van der Waals surface area contributed by atoms with Gasteiger partial charge in [-0.2, -0.15) is 0 Å². The summed E-state index contributed by atoms with van der Waals surface area (Å²) in [5, 5.41) is 3.47. The molecule has 4 heteroatoms. The topological polar surface area (TPSA) is 64.4 Å². The molecule has 0 heterocycles. The number of hydrogen-bond acceptors (Lipinski definition) is 3. The molecule has 1 amide bonds. The molecule has 0 spiro atoms. The minimum absolute atomic E-state index is 0.00291. The highest BCUT2D eigenvalue weighted by Gasteiger charge is 2.18. The quantitative estimate of drug-likeness (QED) is 0.742. The molecule has 1 aromatic carbocycles. The predicted octanol–water partition coefficient (Wildman–Crippen LogP) is 1.16. The number of carbonyl (C=O) groups excluding carboxylic acids is 1. The molecule has 0 radical (unpaired) electrons. The van der Waals surface area contributed by atoms with Crippen LogP contribution in [0.25, 0.3) is 0 Å². The van der Waals surface area contributed by atoms with Crippen LogP contribution in [0.4, 0.5) is 0 Å². The zero-order chi connectivity index (χ0) is 12.8. The summed E-state index contributed by atoms with van der Waals surface area (Å²) in [5.41, 5.74) is 7.84. The Morgan fingerprint density at radius 2 is 2.28 bits per heavy atom. The van der Waals surface area contributed by atoms with Crippen molar-refractivity contribution in [1.29, 1.82) is 0 Å². The largest absolute Gasteiger partial charge is 0.370 e. The Kier molecular flexibility index (Phi) is 4.73. The number of aryl methyl sites for hydroxylation is 1. The van der Waals surface area contributed by atoms with Crippen LogP contribution < -0.4 is 11.1 Å². The maximum Gasteiger partial charge on any atom is 0.243 e. The molecule has 1 atom stereocenters. The number of fused-ring (bicyclic) bond motifs is 1. The first-order valence-corrected chi connectivity index (χ1v) is 6.44. The summed E-state index contributed by atoms with van der Waals surface area (Å²) in [6.07, 6.45) is 3.55. The van der Waals surface area contributed by atoms with Gasteiger partial charge < -0.3 is 15.8 Å². The Bertz CT molecular complexity index is 407. The van der Waals surface area contributed by atoms with Crippen LogP contribution in [-0.4, -0.2) is 25.7 Å². The van der Waals surface area contributed by atoms with Crippen LogP contribution in [0.1, 0.15) is 30.0 Å². The van der Waals surface area contributed by atoms with Crippen molar-refractivity contribution < 1.29 is 9.53 Å². The van der Waals surface area contributed by atoms with Crippen molar-refractivity contribution in [3.8, 4) is 0 Å². The van der Waals surface area contributed by atoms with E-state index < -0.39 is 5.91 Å². The van der Waals surface area contributed by atoms with Crippen LogP contribution in [0.15, 0.2) is 24.3 Å². The maximum absolute atomic E-state index is 10.5. The van der Waals surface area contributed by atoms with Crippen LogP contribution in [0, 0.1) is 0 Å². The number of carbonyl (C=O) groups is 1. The molecular weight excluding hydrogens is 228 g/mol. The minimum Gasteiger partial charge on any atom is -0.370 e. The summed E-state index contributed by atoms with van der Waals surface area (Å²) in [4.78, 5) is 10.5. The van der Waals surface area contributed by atoms with E-state index in [4.69, 9.17) is 10.5 Å². The van der Waals surface area contributed by atoms with E-state index in [1.54, 1.807) is 0 Å². The fourth-order valence-electron chi connectivity index (χ4n) is 2.44. The standard InChI is InChI=1S/C14H20N2O2/c15-14(17)10-18-9-8-16-13-7-3-5-11-4-1-2-6-12(11)13/h1-2,4,6,13,16H,3,5,7-10H2,(H2,15,17). The first kappa shape index (κ1) is 13.1. The van der Waals surface area contributed by atoms with Crippen molar-refractivity contribution in [2.24, 2.45) is 5.73 Å². The Labute approximate surface area is 108 Å². The number of benzene rings is 1. The van der Waals surface area contributed by atoms with E-state index >= 15 is 0 Å². The smallest absolute Gasteiger partial charge is 0.243 e. The molecule has 1 aromatic rings. The molecule has 0 saturated heterocycles. The monoisotopic (exact) mass is 248 g/mol. The molecule has 0 fully saturated rings. The van der Waals surface area contributed by atoms with E-state index in [1.165, 1.54) is 24.0 Å². The van der Waals surface area contributed by atoms with E-state index in [0.29, 0.717) is 12.6 Å². The predicted molar refractivity (Wildman–Crippen MR) is 70.1 cm³/mol. The van der Waals surface area contributed by atoms with Crippen molar-refractivity contribution in [3.05, 3.63) is 35.4 Å². The van der Waals surface area contributed by atoms with E-state index in [0.717, 1.165) is 13.0 Å². The fourth-order valence-corrected chi connectivity index (χ4v) is 2.44. The third-order valence-electron chi connectivity index (χ3n) is 3.25. The summed E-state index contributed by atoms with van der Waals surface area (Å²) in [7, 11) is 0. The number of ether oxygens (including phenoxy) is 1. The van der Waals surface area contributed by atoms with Gasteiger partial charge in [-0.05, 0) is 30.4 Å². The van der Waals surface area contributed by atoms with E-state index in [-0.39, 0.29) is 6.61 Å². The molecule has 1 aliphatic rings. The van der Waals surface area contributed by atoms with Crippen molar-refractivity contribution >= 4 is 5.91 Å². The molecule has 98 valence electrons. The van der Waals surface area contributed by atoms with Gasteiger partial charge >= 0.3 is 0 Å². The van der Waals surface area contributed by atoms with Crippen LogP contribution in [0.3, 0.4) is 0 Å². The number of hydrogen-bond donors (Lipinski definition) is 2. The Morgan fingerprint density at radius 3 is 3.11 bits per heavy atom. The summed E-state index contributed by atoms with van der Waals surface area (Å²) in [6, 6.07) is 8.98. The fraction of sp³-hybridized carbons (Fsp3) is 0.500. The SMILES string of the molecule is NC(=O)COCCNC1CCCc2ccccc21. The molecule has 0 aliphatic heterocycles. The van der Waals surface area contributed by atoms with E-state index in [2.05, 4.69) is 29.6 Å². The number of amides is 1. The van der Waals surface area contributed by atoms with Gasteiger partial charge in [-0.15, -0.1) is 0 Å². The average Bonchev–Trinajstić information content (AvgIpc) is 2.38. The van der Waals surface area contributed by atoms with Gasteiger partial charge in [0, 0.05) is 12.6 Å². The second kappa shape index (κ2) is 6.52. The van der Waals surface area contributed by atoms with Gasteiger partial charge in [0.15, 0.2) is 0 Å². The van der Waals surface area contributed by atoms with Crippen LogP contribution >= 0.6 is 0 Å². The lowest BCUT2D eigenvalue weighted by molar-refractivity contribution is -0.122. The van der Waals surface area contributed by atoms with E-state index in [9.17, 15) is 4.79 Å². The van der Waals surface area contributed by atoms with E-state index in [1.807, 2.05) is 0 Å². The van der Waals surface area contributed by atoms with Crippen molar-refractivity contribution in [1.82, 2.24) is 5.32 Å². The highest BCUT2D eigenvalue weighted by Crippen LogP contribution is 2.28. The third kappa shape index (κ3) is 3.55. The Balaban J connectivity index is 1.79. The number of nitrogens with one attached hydrogen (secondary N) is 1. The van der Waals surface area contributed by atoms with Gasteiger partial charge in [-0.25, -0.2) is 0 Å². The molecule has 1 unspecified atom stereocenters.